The van der Waals surface area contributed by atoms with Crippen LogP contribution >= 0.6 is 0 Å². The van der Waals surface area contributed by atoms with Crippen LogP contribution in [0.3, 0.4) is 0 Å². The number of phenolic OH excluding ortho intramolecular Hbond substituents is 1. The molecule has 0 radical (unpaired) electrons. The number of carbonyl (C=O) groups is 2. The van der Waals surface area contributed by atoms with Crippen molar-refractivity contribution in [1.29, 1.82) is 0 Å². The summed E-state index contributed by atoms with van der Waals surface area (Å²) in [5, 5.41) is 20.7. The molecule has 0 spiro atoms. The molecule has 0 saturated carbocycles. The number of aromatic hydroxyl groups is 1. The minimum absolute atomic E-state index is 0.0285. The zero-order valence-electron chi connectivity index (χ0n) is 18.4. The number of carbonyl (C=O) groups excluding carboxylic acids is 1. The highest BCUT2D eigenvalue weighted by atomic mass is 16.7. The number of ether oxygens (including phenoxy) is 2. The van der Waals surface area contributed by atoms with Crippen LogP contribution in [0.2, 0.25) is 0 Å². The second-order valence-electron chi connectivity index (χ2n) is 8.16. The van der Waals surface area contributed by atoms with Gasteiger partial charge in [0.15, 0.2) is 5.75 Å². The van der Waals surface area contributed by atoms with Crippen LogP contribution in [0.4, 0.5) is 0 Å². The molecule has 1 heterocycles. The van der Waals surface area contributed by atoms with Gasteiger partial charge in [-0.15, -0.1) is 0 Å². The Morgan fingerprint density at radius 2 is 1.87 bits per heavy atom. The number of cyclic esters (lactones) is 1. The van der Waals surface area contributed by atoms with Gasteiger partial charge in [-0.25, -0.2) is 9.59 Å². The molecular weight excluding hydrogens is 396 g/mol. The highest BCUT2D eigenvalue weighted by Crippen LogP contribution is 2.48. The van der Waals surface area contributed by atoms with Gasteiger partial charge in [0.1, 0.15) is 11.3 Å². The number of aryl methyl sites for hydroxylation is 2. The standard InChI is InChI=1S/C25H28O6/c1-6-7-8-9-16-13-19(26)21(18-12-15(4)10-11-17(18)14(2)3)22-20(16)23(27)31-25(5,30-22)24(28)29/h10-13,26H,2,6-9H2,1,3-5H3,(H,28,29). The van der Waals surface area contributed by atoms with Crippen molar-refractivity contribution in [2.75, 3.05) is 0 Å². The van der Waals surface area contributed by atoms with E-state index in [0.717, 1.165) is 36.0 Å². The Bertz CT molecular complexity index is 1070. The maximum absolute atomic E-state index is 13.0. The fraction of sp³-hybridized carbons (Fsp3) is 0.360. The van der Waals surface area contributed by atoms with Crippen LogP contribution in [0.15, 0.2) is 30.8 Å². The van der Waals surface area contributed by atoms with E-state index in [1.807, 2.05) is 32.0 Å². The lowest BCUT2D eigenvalue weighted by molar-refractivity contribution is -0.192. The van der Waals surface area contributed by atoms with Crippen molar-refractivity contribution in [2.24, 2.45) is 0 Å². The van der Waals surface area contributed by atoms with Crippen LogP contribution < -0.4 is 4.74 Å². The first-order valence-corrected chi connectivity index (χ1v) is 10.4. The van der Waals surface area contributed by atoms with E-state index >= 15 is 0 Å². The average molecular weight is 424 g/mol. The number of hydrogen-bond donors (Lipinski definition) is 2. The summed E-state index contributed by atoms with van der Waals surface area (Å²) in [7, 11) is 0. The lowest BCUT2D eigenvalue weighted by Gasteiger charge is -2.34. The highest BCUT2D eigenvalue weighted by molar-refractivity contribution is 6.02. The summed E-state index contributed by atoms with van der Waals surface area (Å²) in [5.74, 6) is -4.46. The normalized spacial score (nSPS) is 17.5. The minimum Gasteiger partial charge on any atom is -0.507 e. The SMILES string of the molecule is C=C(C)c1ccc(C)cc1-c1c(O)cc(CCCCC)c2c1OC(C)(C(=O)O)OC2=O. The fourth-order valence-corrected chi connectivity index (χ4v) is 3.81. The molecule has 31 heavy (non-hydrogen) atoms. The molecular formula is C25H28O6. The van der Waals surface area contributed by atoms with Gasteiger partial charge >= 0.3 is 17.7 Å². The molecule has 1 unspecified atom stereocenters. The van der Waals surface area contributed by atoms with Crippen molar-refractivity contribution < 1.29 is 29.3 Å². The molecule has 2 aromatic rings. The summed E-state index contributed by atoms with van der Waals surface area (Å²) in [6, 6.07) is 7.22. The van der Waals surface area contributed by atoms with E-state index in [2.05, 4.69) is 13.5 Å². The van der Waals surface area contributed by atoms with Crippen molar-refractivity contribution in [3.8, 4) is 22.6 Å². The predicted molar refractivity (Wildman–Crippen MR) is 118 cm³/mol. The first kappa shape index (κ1) is 22.4. The molecule has 3 rings (SSSR count). The number of carboxylic acid groups (broad SMARTS) is 1. The molecule has 6 nitrogen and oxygen atoms in total. The average Bonchev–Trinajstić information content (AvgIpc) is 2.67. The molecule has 0 aliphatic carbocycles. The molecule has 0 fully saturated rings. The Morgan fingerprint density at radius 3 is 2.48 bits per heavy atom. The number of benzene rings is 2. The monoisotopic (exact) mass is 424 g/mol. The van der Waals surface area contributed by atoms with E-state index in [-0.39, 0.29) is 22.6 Å². The molecule has 6 heteroatoms. The molecule has 1 aliphatic rings. The topological polar surface area (TPSA) is 93.1 Å². The van der Waals surface area contributed by atoms with Crippen molar-refractivity contribution in [3.63, 3.8) is 0 Å². The maximum Gasteiger partial charge on any atom is 0.390 e. The number of carboxylic acids is 1. The lowest BCUT2D eigenvalue weighted by Crippen LogP contribution is -2.49. The van der Waals surface area contributed by atoms with Crippen LogP contribution in [-0.2, 0) is 16.0 Å². The second kappa shape index (κ2) is 8.46. The van der Waals surface area contributed by atoms with E-state index in [4.69, 9.17) is 9.47 Å². The van der Waals surface area contributed by atoms with Crippen LogP contribution in [-0.4, -0.2) is 27.9 Å². The Kier molecular flexibility index (Phi) is 6.11. The summed E-state index contributed by atoms with van der Waals surface area (Å²) in [6.45, 7) is 11.0. The van der Waals surface area contributed by atoms with Gasteiger partial charge in [-0.05, 0) is 49.4 Å². The zero-order valence-corrected chi connectivity index (χ0v) is 18.4. The summed E-state index contributed by atoms with van der Waals surface area (Å²) in [6.07, 6.45) is 3.30. The molecule has 164 valence electrons. The molecule has 1 aliphatic heterocycles. The Balaban J connectivity index is 2.33. The van der Waals surface area contributed by atoms with Gasteiger partial charge in [-0.3, -0.25) is 0 Å². The van der Waals surface area contributed by atoms with Crippen molar-refractivity contribution in [2.45, 2.75) is 59.2 Å². The number of hydrogen-bond acceptors (Lipinski definition) is 5. The Labute approximate surface area is 182 Å². The van der Waals surface area contributed by atoms with Gasteiger partial charge in [0.25, 0.3) is 0 Å². The number of esters is 1. The zero-order chi connectivity index (χ0) is 22.9. The fourth-order valence-electron chi connectivity index (χ4n) is 3.81. The number of rotatable bonds is 7. The van der Waals surface area contributed by atoms with Gasteiger partial charge in [-0.1, -0.05) is 55.7 Å². The summed E-state index contributed by atoms with van der Waals surface area (Å²) >= 11 is 0. The van der Waals surface area contributed by atoms with Gasteiger partial charge in [0.2, 0.25) is 0 Å². The van der Waals surface area contributed by atoms with E-state index in [1.54, 1.807) is 6.07 Å². The number of allylic oxidation sites excluding steroid dienone is 1. The van der Waals surface area contributed by atoms with Gasteiger partial charge in [0, 0.05) is 6.92 Å². The van der Waals surface area contributed by atoms with Crippen LogP contribution in [0.1, 0.15) is 67.1 Å². The van der Waals surface area contributed by atoms with Crippen LogP contribution in [0.25, 0.3) is 16.7 Å². The number of fused-ring (bicyclic) bond motifs is 1. The molecule has 0 aromatic heterocycles. The summed E-state index contributed by atoms with van der Waals surface area (Å²) in [5.41, 5.74) is 4.07. The number of phenols is 1. The summed E-state index contributed by atoms with van der Waals surface area (Å²) in [4.78, 5) is 24.8. The smallest absolute Gasteiger partial charge is 0.390 e. The highest BCUT2D eigenvalue weighted by Gasteiger charge is 2.47. The molecule has 2 N–H and O–H groups in total. The van der Waals surface area contributed by atoms with Gasteiger partial charge in [0.05, 0.1) is 5.56 Å². The molecule has 0 bridgehead atoms. The van der Waals surface area contributed by atoms with Crippen molar-refractivity contribution in [3.05, 3.63) is 53.1 Å². The first-order valence-electron chi connectivity index (χ1n) is 10.4. The molecule has 0 saturated heterocycles. The predicted octanol–water partition coefficient (Wildman–Crippen LogP) is 5.48. The molecule has 0 amide bonds. The van der Waals surface area contributed by atoms with Crippen LogP contribution in [0.5, 0.6) is 11.5 Å². The van der Waals surface area contributed by atoms with E-state index in [0.29, 0.717) is 17.5 Å². The quantitative estimate of drug-likeness (QED) is 0.451. The van der Waals surface area contributed by atoms with Crippen molar-refractivity contribution >= 4 is 17.5 Å². The van der Waals surface area contributed by atoms with Gasteiger partial charge < -0.3 is 19.7 Å². The first-order chi connectivity index (χ1) is 14.6. The largest absolute Gasteiger partial charge is 0.507 e. The maximum atomic E-state index is 13.0. The van der Waals surface area contributed by atoms with Crippen molar-refractivity contribution in [1.82, 2.24) is 0 Å². The summed E-state index contributed by atoms with van der Waals surface area (Å²) < 4.78 is 11.0. The molecule has 2 aromatic carbocycles. The van der Waals surface area contributed by atoms with E-state index in [9.17, 15) is 19.8 Å². The third kappa shape index (κ3) is 4.15. The second-order valence-corrected chi connectivity index (χ2v) is 8.16. The number of aliphatic carboxylic acids is 1. The van der Waals surface area contributed by atoms with E-state index in [1.165, 1.54) is 6.92 Å². The van der Waals surface area contributed by atoms with Crippen LogP contribution in [0, 0.1) is 6.92 Å². The van der Waals surface area contributed by atoms with E-state index < -0.39 is 17.7 Å². The third-order valence-corrected chi connectivity index (χ3v) is 5.47. The molecule has 1 atom stereocenters. The number of unbranched alkanes of at least 4 members (excludes halogenated alkanes) is 2. The van der Waals surface area contributed by atoms with Gasteiger partial charge in [-0.2, -0.15) is 0 Å². The Hall–Kier alpha value is -3.28. The Morgan fingerprint density at radius 1 is 1.16 bits per heavy atom. The lowest BCUT2D eigenvalue weighted by atomic mass is 9.88. The minimum atomic E-state index is -2.19. The third-order valence-electron chi connectivity index (χ3n) is 5.47.